The van der Waals surface area contributed by atoms with E-state index in [4.69, 9.17) is 14.2 Å². The number of hydrogen-bond acceptors (Lipinski definition) is 10. The molecule has 1 aliphatic heterocycles. The summed E-state index contributed by atoms with van der Waals surface area (Å²) >= 11 is 0. The van der Waals surface area contributed by atoms with E-state index in [-0.39, 0.29) is 0 Å². The van der Waals surface area contributed by atoms with E-state index < -0.39 is 31.1 Å². The van der Waals surface area contributed by atoms with Crippen LogP contribution in [0.3, 0.4) is 0 Å². The van der Waals surface area contributed by atoms with Crippen LogP contribution >= 0.6 is 0 Å². The molecule has 0 spiro atoms. The van der Waals surface area contributed by atoms with E-state index in [1.807, 2.05) is 18.2 Å². The van der Waals surface area contributed by atoms with Crippen molar-refractivity contribution in [2.45, 2.75) is 31.1 Å². The molecule has 3 aromatic rings. The van der Waals surface area contributed by atoms with Crippen molar-refractivity contribution in [1.82, 2.24) is 19.5 Å². The highest BCUT2D eigenvalue weighted by Crippen LogP contribution is 2.32. The first-order valence-electron chi connectivity index (χ1n) is 9.32. The van der Waals surface area contributed by atoms with Crippen LogP contribution in [-0.4, -0.2) is 74.0 Å². The Morgan fingerprint density at radius 1 is 1.13 bits per heavy atom. The van der Waals surface area contributed by atoms with Gasteiger partial charge >= 0.3 is 0 Å². The number of nitrogens with zero attached hydrogens (tertiary/aromatic N) is 4. The van der Waals surface area contributed by atoms with Crippen LogP contribution in [0.4, 0.5) is 5.82 Å². The van der Waals surface area contributed by atoms with Crippen molar-refractivity contribution in [1.29, 1.82) is 0 Å². The fraction of sp³-hybridized carbons (Fsp3) is 0.421. The van der Waals surface area contributed by atoms with Crippen molar-refractivity contribution in [2.75, 3.05) is 26.1 Å². The van der Waals surface area contributed by atoms with Gasteiger partial charge in [0.1, 0.15) is 36.1 Å². The molecule has 4 N–H and O–H groups in total. The smallest absolute Gasteiger partial charge is 0.167 e. The number of methoxy groups -OCH3 is 2. The lowest BCUT2D eigenvalue weighted by Crippen LogP contribution is -2.33. The maximum absolute atomic E-state index is 10.3. The van der Waals surface area contributed by atoms with Gasteiger partial charge in [-0.25, -0.2) is 15.0 Å². The largest absolute Gasteiger partial charge is 0.497 e. The number of hydrogen-bond donors (Lipinski definition) is 4. The average Bonchev–Trinajstić information content (AvgIpc) is 3.33. The Bertz CT molecular complexity index is 1030. The normalized spacial score (nSPS) is 23.6. The van der Waals surface area contributed by atoms with Gasteiger partial charge in [0.25, 0.3) is 0 Å². The lowest BCUT2D eigenvalue weighted by atomic mass is 10.1. The number of ether oxygens (including phenoxy) is 3. The van der Waals surface area contributed by atoms with Crippen LogP contribution < -0.4 is 14.8 Å². The Balaban J connectivity index is 1.60. The van der Waals surface area contributed by atoms with Crippen molar-refractivity contribution in [2.24, 2.45) is 0 Å². The summed E-state index contributed by atoms with van der Waals surface area (Å²) in [6, 6.07) is 5.50. The number of nitrogens with one attached hydrogen (secondary N) is 1. The van der Waals surface area contributed by atoms with Crippen molar-refractivity contribution in [3.8, 4) is 11.5 Å². The van der Waals surface area contributed by atoms with Crippen molar-refractivity contribution in [3.63, 3.8) is 0 Å². The molecular formula is C19H23N5O6. The Kier molecular flexibility index (Phi) is 5.68. The number of anilines is 1. The number of benzene rings is 1. The zero-order valence-corrected chi connectivity index (χ0v) is 16.5. The Hall–Kier alpha value is -2.99. The van der Waals surface area contributed by atoms with E-state index in [1.54, 1.807) is 14.2 Å². The van der Waals surface area contributed by atoms with E-state index in [2.05, 4.69) is 20.3 Å². The van der Waals surface area contributed by atoms with Gasteiger partial charge < -0.3 is 34.8 Å². The highest BCUT2D eigenvalue weighted by molar-refractivity contribution is 5.82. The molecule has 11 heteroatoms. The summed E-state index contributed by atoms with van der Waals surface area (Å²) in [7, 11) is 3.19. The molecular weight excluding hydrogens is 394 g/mol. The van der Waals surface area contributed by atoms with Gasteiger partial charge in [-0.3, -0.25) is 4.57 Å². The average molecular weight is 417 g/mol. The lowest BCUT2D eigenvalue weighted by Gasteiger charge is -2.16. The maximum Gasteiger partial charge on any atom is 0.167 e. The lowest BCUT2D eigenvalue weighted by molar-refractivity contribution is -0.0511. The number of aliphatic hydroxyl groups excluding tert-OH is 3. The van der Waals surface area contributed by atoms with Gasteiger partial charge in [0, 0.05) is 12.1 Å². The molecule has 1 saturated heterocycles. The Morgan fingerprint density at radius 2 is 1.97 bits per heavy atom. The second-order valence-corrected chi connectivity index (χ2v) is 6.81. The third-order valence-electron chi connectivity index (χ3n) is 5.08. The topological polar surface area (TPSA) is 144 Å². The molecule has 0 amide bonds. The minimum Gasteiger partial charge on any atom is -0.497 e. The Labute approximate surface area is 171 Å². The quantitative estimate of drug-likeness (QED) is 0.417. The van der Waals surface area contributed by atoms with Crippen molar-refractivity contribution < 1.29 is 29.5 Å². The van der Waals surface area contributed by atoms with Gasteiger partial charge in [0.15, 0.2) is 23.2 Å². The van der Waals surface area contributed by atoms with Crippen molar-refractivity contribution in [3.05, 3.63) is 36.4 Å². The van der Waals surface area contributed by atoms with Gasteiger partial charge in [0.2, 0.25) is 0 Å². The highest BCUT2D eigenvalue weighted by atomic mass is 16.6. The first-order chi connectivity index (χ1) is 14.6. The third kappa shape index (κ3) is 3.52. The highest BCUT2D eigenvalue weighted by Gasteiger charge is 2.44. The minimum absolute atomic E-state index is 0.396. The van der Waals surface area contributed by atoms with Crippen LogP contribution in [0.15, 0.2) is 30.9 Å². The number of aliphatic hydroxyl groups is 3. The van der Waals surface area contributed by atoms with Gasteiger partial charge in [-0.1, -0.05) is 0 Å². The van der Waals surface area contributed by atoms with Crippen LogP contribution in [0.25, 0.3) is 11.2 Å². The summed E-state index contributed by atoms with van der Waals surface area (Å²) < 4.78 is 17.8. The predicted molar refractivity (Wildman–Crippen MR) is 105 cm³/mol. The van der Waals surface area contributed by atoms with Crippen LogP contribution in [0.1, 0.15) is 11.8 Å². The summed E-state index contributed by atoms with van der Waals surface area (Å²) in [5.41, 5.74) is 1.75. The van der Waals surface area contributed by atoms with Crippen LogP contribution in [0.5, 0.6) is 11.5 Å². The molecule has 160 valence electrons. The van der Waals surface area contributed by atoms with Crippen LogP contribution in [0.2, 0.25) is 0 Å². The van der Waals surface area contributed by atoms with E-state index in [0.717, 1.165) is 5.56 Å². The molecule has 2 aromatic heterocycles. The maximum atomic E-state index is 10.3. The van der Waals surface area contributed by atoms with E-state index in [9.17, 15) is 15.3 Å². The monoisotopic (exact) mass is 417 g/mol. The molecule has 4 rings (SSSR count). The van der Waals surface area contributed by atoms with Gasteiger partial charge in [-0.15, -0.1) is 0 Å². The molecule has 11 nitrogen and oxygen atoms in total. The number of aromatic nitrogens is 4. The summed E-state index contributed by atoms with van der Waals surface area (Å²) in [4.78, 5) is 12.9. The van der Waals surface area contributed by atoms with Crippen molar-refractivity contribution >= 4 is 17.0 Å². The summed E-state index contributed by atoms with van der Waals surface area (Å²) in [5.74, 6) is 1.88. The molecule has 1 aromatic carbocycles. The van der Waals surface area contributed by atoms with Gasteiger partial charge in [-0.05, 0) is 18.2 Å². The molecule has 0 saturated carbocycles. The van der Waals surface area contributed by atoms with Gasteiger partial charge in [-0.2, -0.15) is 0 Å². The standard InChI is InChI=1S/C19H23N5O6/c1-28-11-3-4-12(29-2)10(5-11)6-20-17-14-18(22-8-21-17)24(9-23-14)19-16(27)15(26)13(7-25)30-19/h3-5,8-9,13,15-16,19,25-27H,6-7H2,1-2H3,(H,20,21,22)/t13-,15-,16-,19-/m1/s1. The summed E-state index contributed by atoms with van der Waals surface area (Å²) in [5, 5.41) is 32.8. The molecule has 0 aliphatic carbocycles. The minimum atomic E-state index is -1.23. The predicted octanol–water partition coefficient (Wildman–Crippen LogP) is 0.0671. The zero-order valence-electron chi connectivity index (χ0n) is 16.5. The molecule has 4 atom stereocenters. The summed E-state index contributed by atoms with van der Waals surface area (Å²) in [6.45, 7) is -0.0152. The first kappa shape index (κ1) is 20.3. The molecule has 3 heterocycles. The second kappa shape index (κ2) is 8.40. The van der Waals surface area contributed by atoms with E-state index >= 15 is 0 Å². The Morgan fingerprint density at radius 3 is 2.67 bits per heavy atom. The number of rotatable bonds is 7. The van der Waals surface area contributed by atoms with Crippen LogP contribution in [-0.2, 0) is 11.3 Å². The molecule has 1 fully saturated rings. The third-order valence-corrected chi connectivity index (χ3v) is 5.08. The fourth-order valence-electron chi connectivity index (χ4n) is 3.48. The number of imidazole rings is 1. The molecule has 30 heavy (non-hydrogen) atoms. The van der Waals surface area contributed by atoms with E-state index in [0.29, 0.717) is 35.0 Å². The molecule has 0 unspecified atom stereocenters. The first-order valence-corrected chi connectivity index (χ1v) is 9.32. The SMILES string of the molecule is COc1ccc(OC)c(CNc2ncnc3c2ncn3[C@@H]2O[C@H](CO)[C@@H](O)[C@H]2O)c1. The second-order valence-electron chi connectivity index (χ2n) is 6.81. The van der Waals surface area contributed by atoms with Crippen LogP contribution in [0, 0.1) is 0 Å². The molecule has 0 bridgehead atoms. The van der Waals surface area contributed by atoms with E-state index in [1.165, 1.54) is 17.2 Å². The number of fused-ring (bicyclic) bond motifs is 1. The summed E-state index contributed by atoms with van der Waals surface area (Å²) in [6.07, 6.45) is -1.43. The molecule has 0 radical (unpaired) electrons. The molecule has 1 aliphatic rings. The fourth-order valence-corrected chi connectivity index (χ4v) is 3.48. The zero-order chi connectivity index (χ0) is 21.3. The van der Waals surface area contributed by atoms with Gasteiger partial charge in [0.05, 0.1) is 27.2 Å².